The van der Waals surface area contributed by atoms with Gasteiger partial charge < -0.3 is 9.84 Å². The fourth-order valence-corrected chi connectivity index (χ4v) is 3.49. The van der Waals surface area contributed by atoms with E-state index in [0.717, 1.165) is 44.0 Å². The van der Waals surface area contributed by atoms with Crippen molar-refractivity contribution in [1.29, 1.82) is 0 Å². The fraction of sp³-hybridized carbons (Fsp3) is 0.650. The molecular weight excluding hydrogens is 288 g/mol. The highest BCUT2D eigenvalue weighted by Gasteiger charge is 2.50. The molecule has 1 aliphatic carbocycles. The minimum absolute atomic E-state index is 0.00122. The SMILES string of the molecule is C=C(C)[C@H]1CC/C(C)=C/CC[C@]2(C)O[C@H]2CC/C(C=O)=C\C1O. The first kappa shape index (κ1) is 18.2. The number of aldehydes is 1. The van der Waals surface area contributed by atoms with Gasteiger partial charge in [-0.2, -0.15) is 0 Å². The van der Waals surface area contributed by atoms with Crippen LogP contribution in [0.3, 0.4) is 0 Å². The molecule has 3 nitrogen and oxygen atoms in total. The van der Waals surface area contributed by atoms with Gasteiger partial charge in [0.05, 0.1) is 17.8 Å². The Morgan fingerprint density at radius 1 is 1.43 bits per heavy atom. The van der Waals surface area contributed by atoms with Crippen LogP contribution in [0.5, 0.6) is 0 Å². The molecule has 2 aliphatic rings. The van der Waals surface area contributed by atoms with E-state index in [1.807, 2.05) is 6.92 Å². The molecule has 1 N–H and O–H groups in total. The molecule has 1 heterocycles. The van der Waals surface area contributed by atoms with Crippen molar-refractivity contribution < 1.29 is 14.6 Å². The number of hydrogen-bond donors (Lipinski definition) is 1. The number of carbonyl (C=O) groups is 1. The summed E-state index contributed by atoms with van der Waals surface area (Å²) in [7, 11) is 0. The molecule has 0 spiro atoms. The molecule has 23 heavy (non-hydrogen) atoms. The van der Waals surface area contributed by atoms with Gasteiger partial charge in [-0.15, -0.1) is 0 Å². The number of allylic oxidation sites excluding steroid dienone is 3. The lowest BCUT2D eigenvalue weighted by molar-refractivity contribution is -0.105. The Labute approximate surface area is 140 Å². The third-order valence-electron chi connectivity index (χ3n) is 5.30. The van der Waals surface area contributed by atoms with Gasteiger partial charge in [0, 0.05) is 5.92 Å². The van der Waals surface area contributed by atoms with Crippen molar-refractivity contribution in [3.8, 4) is 0 Å². The van der Waals surface area contributed by atoms with Crippen molar-refractivity contribution in [2.24, 2.45) is 5.92 Å². The van der Waals surface area contributed by atoms with E-state index in [0.29, 0.717) is 12.0 Å². The predicted octanol–water partition coefficient (Wildman–Crippen LogP) is 4.12. The van der Waals surface area contributed by atoms with Gasteiger partial charge in [0.25, 0.3) is 0 Å². The minimum atomic E-state index is -0.644. The number of rotatable bonds is 2. The van der Waals surface area contributed by atoms with Crippen molar-refractivity contribution >= 4 is 6.29 Å². The van der Waals surface area contributed by atoms with Crippen LogP contribution in [0.4, 0.5) is 0 Å². The van der Waals surface area contributed by atoms with Crippen LogP contribution in [-0.2, 0) is 9.53 Å². The van der Waals surface area contributed by atoms with Gasteiger partial charge >= 0.3 is 0 Å². The number of aliphatic hydroxyl groups excluding tert-OH is 1. The molecule has 3 heteroatoms. The third-order valence-corrected chi connectivity index (χ3v) is 5.30. The predicted molar refractivity (Wildman–Crippen MR) is 93.2 cm³/mol. The average Bonchev–Trinajstić information content (AvgIpc) is 3.13. The van der Waals surface area contributed by atoms with Crippen LogP contribution in [0.15, 0.2) is 35.5 Å². The summed E-state index contributed by atoms with van der Waals surface area (Å²) in [4.78, 5) is 11.3. The Bertz CT molecular complexity index is 517. The first-order valence-corrected chi connectivity index (χ1v) is 8.68. The molecule has 0 radical (unpaired) electrons. The Balaban J connectivity index is 2.17. The lowest BCUT2D eigenvalue weighted by Gasteiger charge is -2.22. The normalized spacial score (nSPS) is 40.6. The van der Waals surface area contributed by atoms with E-state index in [9.17, 15) is 9.90 Å². The molecule has 1 unspecified atom stereocenters. The van der Waals surface area contributed by atoms with Gasteiger partial charge in [0.15, 0.2) is 0 Å². The molecule has 128 valence electrons. The second-order valence-corrected chi connectivity index (χ2v) is 7.39. The zero-order valence-corrected chi connectivity index (χ0v) is 14.7. The number of carbonyl (C=O) groups excluding carboxylic acids is 1. The van der Waals surface area contributed by atoms with Crippen molar-refractivity contribution in [2.45, 2.75) is 77.1 Å². The lowest BCUT2D eigenvalue weighted by Crippen LogP contribution is -2.20. The number of epoxide rings is 1. The maximum Gasteiger partial charge on any atom is 0.145 e. The van der Waals surface area contributed by atoms with Crippen LogP contribution in [0.1, 0.15) is 59.3 Å². The van der Waals surface area contributed by atoms with E-state index in [1.54, 1.807) is 6.08 Å². The summed E-state index contributed by atoms with van der Waals surface area (Å²) in [6, 6.07) is 0. The van der Waals surface area contributed by atoms with Crippen LogP contribution in [0.2, 0.25) is 0 Å². The summed E-state index contributed by atoms with van der Waals surface area (Å²) in [5, 5.41) is 10.5. The topological polar surface area (TPSA) is 49.8 Å². The number of ether oxygens (including phenoxy) is 1. The molecule has 0 saturated carbocycles. The van der Waals surface area contributed by atoms with Crippen LogP contribution in [0, 0.1) is 5.92 Å². The van der Waals surface area contributed by atoms with Gasteiger partial charge in [-0.1, -0.05) is 23.8 Å². The van der Waals surface area contributed by atoms with Crippen LogP contribution in [0.25, 0.3) is 0 Å². The monoisotopic (exact) mass is 318 g/mol. The molecule has 1 fully saturated rings. The summed E-state index contributed by atoms with van der Waals surface area (Å²) in [5.41, 5.74) is 2.96. The Morgan fingerprint density at radius 2 is 2.17 bits per heavy atom. The summed E-state index contributed by atoms with van der Waals surface area (Å²) < 4.78 is 5.85. The van der Waals surface area contributed by atoms with Crippen molar-refractivity contribution in [3.05, 3.63) is 35.5 Å². The van der Waals surface area contributed by atoms with E-state index in [2.05, 4.69) is 26.5 Å². The quantitative estimate of drug-likeness (QED) is 0.473. The first-order valence-electron chi connectivity index (χ1n) is 8.68. The second kappa shape index (κ2) is 7.59. The highest BCUT2D eigenvalue weighted by Crippen LogP contribution is 2.43. The fourth-order valence-electron chi connectivity index (χ4n) is 3.49. The molecule has 0 aromatic heterocycles. The molecule has 1 aliphatic heterocycles. The number of hydrogen-bond acceptors (Lipinski definition) is 3. The van der Waals surface area contributed by atoms with Gasteiger partial charge in [-0.05, 0) is 70.9 Å². The largest absolute Gasteiger partial charge is 0.388 e. The smallest absolute Gasteiger partial charge is 0.145 e. The molecular formula is C20H30O3. The zero-order chi connectivity index (χ0) is 17.0. The van der Waals surface area contributed by atoms with E-state index in [1.165, 1.54) is 5.57 Å². The summed E-state index contributed by atoms with van der Waals surface area (Å²) >= 11 is 0. The van der Waals surface area contributed by atoms with Crippen molar-refractivity contribution in [1.82, 2.24) is 0 Å². The molecule has 1 saturated heterocycles. The van der Waals surface area contributed by atoms with Crippen LogP contribution >= 0.6 is 0 Å². The van der Waals surface area contributed by atoms with E-state index >= 15 is 0 Å². The number of aliphatic hydroxyl groups is 1. The minimum Gasteiger partial charge on any atom is -0.388 e. The molecule has 0 bridgehead atoms. The highest BCUT2D eigenvalue weighted by molar-refractivity contribution is 5.73. The molecule has 2 rings (SSSR count). The van der Waals surface area contributed by atoms with Gasteiger partial charge in [0.1, 0.15) is 6.29 Å². The van der Waals surface area contributed by atoms with Gasteiger partial charge in [0.2, 0.25) is 0 Å². The summed E-state index contributed by atoms with van der Waals surface area (Å²) in [6.45, 7) is 10.3. The van der Waals surface area contributed by atoms with Crippen LogP contribution < -0.4 is 0 Å². The Morgan fingerprint density at radius 3 is 2.83 bits per heavy atom. The van der Waals surface area contributed by atoms with Crippen molar-refractivity contribution in [2.75, 3.05) is 0 Å². The number of fused-ring (bicyclic) bond motifs is 1. The van der Waals surface area contributed by atoms with E-state index in [-0.39, 0.29) is 17.6 Å². The molecule has 4 atom stereocenters. The van der Waals surface area contributed by atoms with Gasteiger partial charge in [-0.3, -0.25) is 4.79 Å². The molecule has 0 aromatic carbocycles. The highest BCUT2D eigenvalue weighted by atomic mass is 16.6. The standard InChI is InChI=1S/C20H30O3/c1-14(2)17-9-7-15(3)6-5-11-20(4)19(23-20)10-8-16(13-21)12-18(17)22/h6,12-13,17-19,22H,1,5,7-11H2,2-4H3/b15-6+,16-12+/t17-,18?,19+,20+/m1/s1. The van der Waals surface area contributed by atoms with Crippen LogP contribution in [-0.4, -0.2) is 29.2 Å². The first-order chi connectivity index (χ1) is 10.9. The lowest BCUT2D eigenvalue weighted by atomic mass is 9.87. The molecule has 0 aromatic rings. The zero-order valence-electron chi connectivity index (χ0n) is 14.7. The average molecular weight is 318 g/mol. The maximum absolute atomic E-state index is 11.3. The Kier molecular flexibility index (Phi) is 5.99. The summed E-state index contributed by atoms with van der Waals surface area (Å²) in [5.74, 6) is -0.00122. The third kappa shape index (κ3) is 4.89. The molecule has 0 amide bonds. The van der Waals surface area contributed by atoms with E-state index < -0.39 is 6.10 Å². The summed E-state index contributed by atoms with van der Waals surface area (Å²) in [6.07, 6.45) is 9.84. The van der Waals surface area contributed by atoms with Crippen molar-refractivity contribution in [3.63, 3.8) is 0 Å². The maximum atomic E-state index is 11.3. The van der Waals surface area contributed by atoms with Gasteiger partial charge in [-0.25, -0.2) is 0 Å². The Hall–Kier alpha value is -1.19. The second-order valence-electron chi connectivity index (χ2n) is 7.39. The van der Waals surface area contributed by atoms with E-state index in [4.69, 9.17) is 4.74 Å².